The van der Waals surface area contributed by atoms with Crippen LogP contribution >= 0.6 is 0 Å². The molecule has 84 heavy (non-hydrogen) atoms. The number of phenolic OH excluding ortho intramolecular Hbond substituents is 2. The van der Waals surface area contributed by atoms with Crippen molar-refractivity contribution >= 4 is 78.9 Å². The van der Waals surface area contributed by atoms with E-state index >= 15 is 0 Å². The zero-order chi connectivity index (χ0) is 57.8. The van der Waals surface area contributed by atoms with E-state index in [0.717, 1.165) is 21.5 Å². The summed E-state index contributed by atoms with van der Waals surface area (Å²) < 4.78 is 34.8. The first-order chi connectivity index (χ1) is 40.8. The summed E-state index contributed by atoms with van der Waals surface area (Å²) in [6, 6.07) is 65.4. The molecule has 12 aromatic carbocycles. The summed E-state index contributed by atoms with van der Waals surface area (Å²) in [6.07, 6.45) is 0. The van der Waals surface area contributed by atoms with Crippen molar-refractivity contribution in [2.75, 3.05) is 0 Å². The molecule has 14 nitrogen and oxygen atoms in total. The van der Waals surface area contributed by atoms with Gasteiger partial charge in [0.15, 0.2) is 0 Å². The van der Waals surface area contributed by atoms with Crippen molar-refractivity contribution in [2.24, 2.45) is 0 Å². The maximum atomic E-state index is 14.3. The highest BCUT2D eigenvalue weighted by molar-refractivity contribution is 6.12. The Morgan fingerprint density at radius 3 is 0.893 bits per heavy atom. The molecule has 0 aliphatic carbocycles. The van der Waals surface area contributed by atoms with Crippen LogP contribution in [0, 0.1) is 0 Å². The van der Waals surface area contributed by atoms with Gasteiger partial charge in [0.2, 0.25) is 0 Å². The van der Waals surface area contributed by atoms with E-state index in [1.807, 2.05) is 60.7 Å². The summed E-state index contributed by atoms with van der Waals surface area (Å²) in [5.41, 5.74) is 2.42. The molecule has 0 aliphatic heterocycles. The van der Waals surface area contributed by atoms with E-state index in [1.54, 1.807) is 84.9 Å². The minimum Gasteiger partial charge on any atom is -0.508 e. The molecule has 12 rings (SSSR count). The number of hydrogen-bond acceptors (Lipinski definition) is 14. The average Bonchev–Trinajstić information content (AvgIpc) is 2.19. The van der Waals surface area contributed by atoms with E-state index in [9.17, 15) is 39.0 Å². The Hall–Kier alpha value is -11.9. The minimum atomic E-state index is -0.657. The smallest absolute Gasteiger partial charge is 0.343 e. The van der Waals surface area contributed by atoms with Gasteiger partial charge in [-0.15, -0.1) is 0 Å². The second-order valence-electron chi connectivity index (χ2n) is 19.2. The van der Waals surface area contributed by atoms with Gasteiger partial charge in [-0.25, -0.2) is 28.8 Å². The maximum absolute atomic E-state index is 14.3. The molecule has 12 aromatic rings. The lowest BCUT2D eigenvalue weighted by molar-refractivity contribution is 0.0720. The molecule has 0 atom stereocenters. The number of fused-ring (bicyclic) bond motifs is 4. The molecule has 0 aromatic heterocycles. The van der Waals surface area contributed by atoms with E-state index in [4.69, 9.17) is 28.4 Å². The molecule has 0 saturated carbocycles. The molecule has 0 spiro atoms. The average molecular weight is 1110 g/mol. The van der Waals surface area contributed by atoms with Crippen molar-refractivity contribution in [3.63, 3.8) is 0 Å². The first-order valence-electron chi connectivity index (χ1n) is 26.1. The minimum absolute atomic E-state index is 0.0154. The third-order valence-electron chi connectivity index (χ3n) is 13.8. The largest absolute Gasteiger partial charge is 0.508 e. The van der Waals surface area contributed by atoms with Crippen LogP contribution in [-0.2, 0) is 0 Å². The monoisotopic (exact) mass is 1110 g/mol. The van der Waals surface area contributed by atoms with Gasteiger partial charge < -0.3 is 38.6 Å². The van der Waals surface area contributed by atoms with Crippen molar-refractivity contribution in [3.05, 3.63) is 276 Å². The second-order valence-corrected chi connectivity index (χ2v) is 19.2. The second kappa shape index (κ2) is 22.7. The lowest BCUT2D eigenvalue weighted by atomic mass is 9.92. The number of carbonyl (C=O) groups excluding carboxylic acids is 6. The van der Waals surface area contributed by atoms with Gasteiger partial charge in [-0.3, -0.25) is 0 Å². The van der Waals surface area contributed by atoms with Crippen molar-refractivity contribution in [3.8, 4) is 57.1 Å². The van der Waals surface area contributed by atoms with Crippen molar-refractivity contribution in [1.82, 2.24) is 0 Å². The summed E-state index contributed by atoms with van der Waals surface area (Å²) in [5.74, 6) is -2.48. The van der Waals surface area contributed by atoms with Gasteiger partial charge in [0.25, 0.3) is 0 Å². The fraction of sp³-hybridized carbons (Fsp3) is 0. The molecule has 14 heteroatoms. The van der Waals surface area contributed by atoms with E-state index < -0.39 is 35.8 Å². The van der Waals surface area contributed by atoms with Crippen molar-refractivity contribution in [1.29, 1.82) is 0 Å². The fourth-order valence-corrected chi connectivity index (χ4v) is 9.51. The molecule has 0 radical (unpaired) electrons. The highest BCUT2D eigenvalue weighted by atomic mass is 16.6. The maximum Gasteiger partial charge on any atom is 0.343 e. The van der Waals surface area contributed by atoms with E-state index in [1.165, 1.54) is 97.1 Å². The van der Waals surface area contributed by atoms with Crippen molar-refractivity contribution < 1.29 is 67.4 Å². The van der Waals surface area contributed by atoms with Crippen LogP contribution in [0.3, 0.4) is 0 Å². The Morgan fingerprint density at radius 1 is 0.238 bits per heavy atom. The van der Waals surface area contributed by atoms with E-state index in [0.29, 0.717) is 32.7 Å². The van der Waals surface area contributed by atoms with Gasteiger partial charge in [0.1, 0.15) is 46.0 Å². The van der Waals surface area contributed by atoms with Gasteiger partial charge >= 0.3 is 35.8 Å². The van der Waals surface area contributed by atoms with Gasteiger partial charge in [-0.1, -0.05) is 84.9 Å². The molecule has 0 unspecified atom stereocenters. The number of benzene rings is 12. The van der Waals surface area contributed by atoms with Crippen molar-refractivity contribution in [2.45, 2.75) is 0 Å². The lowest BCUT2D eigenvalue weighted by Gasteiger charge is -2.19. The summed E-state index contributed by atoms with van der Waals surface area (Å²) in [5, 5.41) is 24.8. The predicted molar refractivity (Wildman–Crippen MR) is 314 cm³/mol. The first-order valence-corrected chi connectivity index (χ1v) is 26.1. The van der Waals surface area contributed by atoms with Gasteiger partial charge in [-0.05, 0) is 201 Å². The van der Waals surface area contributed by atoms with E-state index in [-0.39, 0.29) is 79.4 Å². The topological polar surface area (TPSA) is 198 Å². The van der Waals surface area contributed by atoms with Crippen LogP contribution in [0.2, 0.25) is 0 Å². The zero-order valence-corrected chi connectivity index (χ0v) is 43.9. The zero-order valence-electron chi connectivity index (χ0n) is 43.9. The predicted octanol–water partition coefficient (Wildman–Crippen LogP) is 14.7. The van der Waals surface area contributed by atoms with Crippen LogP contribution in [0.25, 0.3) is 54.2 Å². The molecule has 0 aliphatic rings. The number of rotatable bonds is 13. The van der Waals surface area contributed by atoms with Crippen LogP contribution in [0.1, 0.15) is 62.1 Å². The third-order valence-corrected chi connectivity index (χ3v) is 13.8. The summed E-state index contributed by atoms with van der Waals surface area (Å²) in [4.78, 5) is 80.0. The highest BCUT2D eigenvalue weighted by Crippen LogP contribution is 2.46. The Labute approximate surface area is 477 Å². The number of esters is 6. The Morgan fingerprint density at radius 2 is 0.512 bits per heavy atom. The summed E-state index contributed by atoms with van der Waals surface area (Å²) >= 11 is 0. The van der Waals surface area contributed by atoms with Crippen LogP contribution in [0.4, 0.5) is 0 Å². The van der Waals surface area contributed by atoms with Crippen LogP contribution in [-0.4, -0.2) is 46.0 Å². The molecule has 406 valence electrons. The number of phenols is 2. The Balaban J connectivity index is 0.753. The van der Waals surface area contributed by atoms with Gasteiger partial charge in [0, 0.05) is 11.1 Å². The number of carbonyl (C=O) groups is 6. The van der Waals surface area contributed by atoms with Gasteiger partial charge in [0.05, 0.1) is 33.4 Å². The highest BCUT2D eigenvalue weighted by Gasteiger charge is 2.24. The molecule has 2 N–H and O–H groups in total. The van der Waals surface area contributed by atoms with Crippen LogP contribution in [0.5, 0.6) is 46.0 Å². The molecule has 0 amide bonds. The molecule has 0 saturated heterocycles. The number of hydrogen-bond donors (Lipinski definition) is 2. The summed E-state index contributed by atoms with van der Waals surface area (Å²) in [6.45, 7) is 0. The standard InChI is InChI=1S/C70H42O14/c71-53-25-13-43(14-26-53)65(73)79-55-29-17-45(18-30-55)67(75)81-57-33-21-47-37-51(11-9-49(47)39-57)69(77)83-61-35-23-41-5-1-3-7-59(41)63(61)64-60-8-4-2-6-42(60)24-36-62(64)84-70(78)52-12-10-50-40-58(34-22-48(50)38-52)82-68(76)46-19-31-56(32-20-46)80-66(74)44-15-27-54(72)28-16-44/h1-40,71-72H. The SMILES string of the molecule is O=C(Oc1ccc(C(=O)Oc2ccc3cc(C(=O)Oc4ccc5ccccc5c4-c4c(OC(=O)c5ccc6cc(OC(=O)c7ccc(OC(=O)c8ccc(O)cc8)cc7)ccc6c5)ccc5ccccc45)ccc3c2)cc1)c1ccc(O)cc1. The Bertz CT molecular complexity index is 4310. The van der Waals surface area contributed by atoms with Crippen LogP contribution < -0.4 is 28.4 Å². The lowest BCUT2D eigenvalue weighted by Crippen LogP contribution is -2.11. The molecular weight excluding hydrogens is 1060 g/mol. The Kier molecular flexibility index (Phi) is 14.3. The molecule has 0 heterocycles. The van der Waals surface area contributed by atoms with Crippen LogP contribution in [0.15, 0.2) is 243 Å². The molecule has 0 bridgehead atoms. The normalized spacial score (nSPS) is 11.0. The van der Waals surface area contributed by atoms with Gasteiger partial charge in [-0.2, -0.15) is 0 Å². The first kappa shape index (κ1) is 52.8. The molecule has 0 fully saturated rings. The fourth-order valence-electron chi connectivity index (χ4n) is 9.51. The quantitative estimate of drug-likeness (QED) is 0.0816. The summed E-state index contributed by atoms with van der Waals surface area (Å²) in [7, 11) is 0. The third kappa shape index (κ3) is 11.3. The van der Waals surface area contributed by atoms with E-state index in [2.05, 4.69) is 0 Å². The number of aromatic hydroxyl groups is 2. The number of ether oxygens (including phenoxy) is 6. The molecular formula is C70H42O14.